The predicted molar refractivity (Wildman–Crippen MR) is 111 cm³/mol. The first-order valence-corrected chi connectivity index (χ1v) is 10.9. The first kappa shape index (κ1) is 22.2. The lowest BCUT2D eigenvalue weighted by Gasteiger charge is -2.24. The molecule has 0 bridgehead atoms. The van der Waals surface area contributed by atoms with Gasteiger partial charge in [0.05, 0.1) is 10.6 Å². The fraction of sp³-hybridized carbons (Fsp3) is 0.350. The second-order valence-corrected chi connectivity index (χ2v) is 8.50. The first-order valence-electron chi connectivity index (χ1n) is 9.04. The number of carbonyl (C=O) groups is 1. The quantitative estimate of drug-likeness (QED) is 0.593. The van der Waals surface area contributed by atoms with Gasteiger partial charge in [0.1, 0.15) is 6.54 Å². The van der Waals surface area contributed by atoms with Crippen LogP contribution in [-0.4, -0.2) is 40.6 Å². The third-order valence-electron chi connectivity index (χ3n) is 3.97. The van der Waals surface area contributed by atoms with Gasteiger partial charge < -0.3 is 10.1 Å². The Bertz CT molecular complexity index is 885. The summed E-state index contributed by atoms with van der Waals surface area (Å²) in [5.74, 6) is -0.379. The van der Waals surface area contributed by atoms with Crippen molar-refractivity contribution in [1.29, 1.82) is 0 Å². The normalized spacial score (nSPS) is 11.2. The third-order valence-corrected chi connectivity index (χ3v) is 6.01. The van der Waals surface area contributed by atoms with Gasteiger partial charge in [0.25, 0.3) is 10.0 Å². The van der Waals surface area contributed by atoms with Crippen molar-refractivity contribution in [2.24, 2.45) is 0 Å². The molecular weight excluding hydrogens is 400 g/mol. The van der Waals surface area contributed by atoms with Gasteiger partial charge in [0.2, 0.25) is 5.91 Å². The summed E-state index contributed by atoms with van der Waals surface area (Å²) >= 11 is 5.87. The summed E-state index contributed by atoms with van der Waals surface area (Å²) in [6.45, 7) is 5.03. The van der Waals surface area contributed by atoms with Gasteiger partial charge in [-0.25, -0.2) is 8.42 Å². The minimum atomic E-state index is -3.93. The van der Waals surface area contributed by atoms with Crippen molar-refractivity contribution in [3.8, 4) is 0 Å². The molecule has 0 atom stereocenters. The van der Waals surface area contributed by atoms with E-state index in [2.05, 4.69) is 5.32 Å². The maximum Gasteiger partial charge on any atom is 0.264 e. The topological polar surface area (TPSA) is 75.7 Å². The summed E-state index contributed by atoms with van der Waals surface area (Å²) < 4.78 is 32.7. The highest BCUT2D eigenvalue weighted by Gasteiger charge is 2.27. The van der Waals surface area contributed by atoms with Crippen LogP contribution in [0.5, 0.6) is 0 Å². The van der Waals surface area contributed by atoms with Gasteiger partial charge in [-0.1, -0.05) is 23.7 Å². The van der Waals surface area contributed by atoms with Crippen LogP contribution in [0, 0.1) is 6.92 Å². The Labute approximate surface area is 171 Å². The number of rotatable bonds is 10. The van der Waals surface area contributed by atoms with E-state index < -0.39 is 10.0 Å². The molecule has 0 saturated carbocycles. The van der Waals surface area contributed by atoms with E-state index in [0.717, 1.165) is 9.87 Å². The van der Waals surface area contributed by atoms with Crippen LogP contribution in [0.1, 0.15) is 18.9 Å². The predicted octanol–water partition coefficient (Wildman–Crippen LogP) is 3.39. The maximum absolute atomic E-state index is 13.2. The van der Waals surface area contributed by atoms with E-state index >= 15 is 0 Å². The number of anilines is 1. The molecule has 0 radical (unpaired) electrons. The second-order valence-electron chi connectivity index (χ2n) is 6.21. The summed E-state index contributed by atoms with van der Waals surface area (Å²) in [5, 5.41) is 3.18. The summed E-state index contributed by atoms with van der Waals surface area (Å²) in [7, 11) is -3.93. The SMILES string of the molecule is CCOCCCNC(=O)CN(c1cccc(C)c1)S(=O)(=O)c1ccc(Cl)cc1. The lowest BCUT2D eigenvalue weighted by Crippen LogP contribution is -2.41. The second kappa shape index (κ2) is 10.5. The van der Waals surface area contributed by atoms with E-state index in [9.17, 15) is 13.2 Å². The van der Waals surface area contributed by atoms with Crippen LogP contribution in [0.15, 0.2) is 53.4 Å². The highest BCUT2D eigenvalue weighted by molar-refractivity contribution is 7.92. The molecule has 0 spiro atoms. The van der Waals surface area contributed by atoms with E-state index in [-0.39, 0.29) is 17.3 Å². The number of carbonyl (C=O) groups excluding carboxylic acids is 1. The molecule has 1 N–H and O–H groups in total. The Morgan fingerprint density at radius 2 is 1.89 bits per heavy atom. The average Bonchev–Trinajstić information content (AvgIpc) is 2.66. The Kier molecular flexibility index (Phi) is 8.29. The number of sulfonamides is 1. The minimum absolute atomic E-state index is 0.0718. The molecule has 2 aromatic rings. The third kappa shape index (κ3) is 6.22. The standard InChI is InChI=1S/C20H25ClN2O4S/c1-3-27-13-5-12-22-20(24)15-23(18-7-4-6-16(2)14-18)28(25,26)19-10-8-17(21)9-11-19/h4,6-11,14H,3,5,12-13,15H2,1-2H3,(H,22,24). The molecule has 0 aliphatic heterocycles. The Hall–Kier alpha value is -2.09. The van der Waals surface area contributed by atoms with E-state index in [0.29, 0.717) is 36.9 Å². The molecule has 2 rings (SSSR count). The van der Waals surface area contributed by atoms with Crippen molar-refractivity contribution in [2.45, 2.75) is 25.2 Å². The zero-order valence-electron chi connectivity index (χ0n) is 16.0. The summed E-state index contributed by atoms with van der Waals surface area (Å²) in [6.07, 6.45) is 0.661. The number of hydrogen-bond acceptors (Lipinski definition) is 4. The van der Waals surface area contributed by atoms with E-state index in [1.165, 1.54) is 24.3 Å². The first-order chi connectivity index (χ1) is 13.3. The van der Waals surface area contributed by atoms with E-state index in [1.54, 1.807) is 18.2 Å². The van der Waals surface area contributed by atoms with Crippen LogP contribution in [0.25, 0.3) is 0 Å². The van der Waals surface area contributed by atoms with Crippen LogP contribution >= 0.6 is 11.6 Å². The molecule has 0 aliphatic rings. The summed E-state index contributed by atoms with van der Waals surface area (Å²) in [4.78, 5) is 12.5. The lowest BCUT2D eigenvalue weighted by atomic mass is 10.2. The van der Waals surface area contributed by atoms with Crippen molar-refractivity contribution >= 4 is 33.2 Å². The molecule has 2 aromatic carbocycles. The van der Waals surface area contributed by atoms with Crippen LogP contribution in [0.2, 0.25) is 5.02 Å². The Balaban J connectivity index is 2.23. The molecule has 0 aliphatic carbocycles. The molecule has 1 amide bonds. The smallest absolute Gasteiger partial charge is 0.264 e. The molecule has 28 heavy (non-hydrogen) atoms. The largest absolute Gasteiger partial charge is 0.382 e. The van der Waals surface area contributed by atoms with Gasteiger partial charge in [-0.05, 0) is 62.2 Å². The number of hydrogen-bond donors (Lipinski definition) is 1. The van der Waals surface area contributed by atoms with Gasteiger partial charge in [-0.3, -0.25) is 9.10 Å². The monoisotopic (exact) mass is 424 g/mol. The number of aryl methyl sites for hydroxylation is 1. The maximum atomic E-state index is 13.2. The zero-order valence-corrected chi connectivity index (χ0v) is 17.6. The molecule has 152 valence electrons. The van der Waals surface area contributed by atoms with E-state index in [4.69, 9.17) is 16.3 Å². The minimum Gasteiger partial charge on any atom is -0.382 e. The van der Waals surface area contributed by atoms with Crippen molar-refractivity contribution in [3.63, 3.8) is 0 Å². The number of nitrogens with zero attached hydrogens (tertiary/aromatic N) is 1. The van der Waals surface area contributed by atoms with Crippen molar-refractivity contribution in [2.75, 3.05) is 30.6 Å². The van der Waals surface area contributed by atoms with Gasteiger partial charge in [-0.2, -0.15) is 0 Å². The van der Waals surface area contributed by atoms with Gasteiger partial charge in [-0.15, -0.1) is 0 Å². The number of nitrogens with one attached hydrogen (secondary N) is 1. The molecule has 6 nitrogen and oxygen atoms in total. The molecule has 0 unspecified atom stereocenters. The van der Waals surface area contributed by atoms with Gasteiger partial charge >= 0.3 is 0 Å². The summed E-state index contributed by atoms with van der Waals surface area (Å²) in [5.41, 5.74) is 1.32. The van der Waals surface area contributed by atoms with Crippen LogP contribution in [0.3, 0.4) is 0 Å². The lowest BCUT2D eigenvalue weighted by molar-refractivity contribution is -0.119. The molecular formula is C20H25ClN2O4S. The van der Waals surface area contributed by atoms with Gasteiger partial charge in [0, 0.05) is 24.8 Å². The highest BCUT2D eigenvalue weighted by atomic mass is 35.5. The van der Waals surface area contributed by atoms with Crippen LogP contribution in [0.4, 0.5) is 5.69 Å². The van der Waals surface area contributed by atoms with Crippen molar-refractivity contribution < 1.29 is 17.9 Å². The fourth-order valence-electron chi connectivity index (χ4n) is 2.56. The fourth-order valence-corrected chi connectivity index (χ4v) is 4.10. The van der Waals surface area contributed by atoms with E-state index in [1.807, 2.05) is 19.9 Å². The summed E-state index contributed by atoms with van der Waals surface area (Å²) in [6, 6.07) is 12.9. The number of benzene rings is 2. The van der Waals surface area contributed by atoms with Crippen LogP contribution in [-0.2, 0) is 19.6 Å². The van der Waals surface area contributed by atoms with Crippen molar-refractivity contribution in [3.05, 3.63) is 59.1 Å². The van der Waals surface area contributed by atoms with Gasteiger partial charge in [0.15, 0.2) is 0 Å². The number of halogens is 1. The van der Waals surface area contributed by atoms with Crippen molar-refractivity contribution in [1.82, 2.24) is 5.32 Å². The zero-order chi connectivity index (χ0) is 20.6. The van der Waals surface area contributed by atoms with Crippen LogP contribution < -0.4 is 9.62 Å². The molecule has 0 aromatic heterocycles. The Morgan fingerprint density at radius 1 is 1.18 bits per heavy atom. The molecule has 0 saturated heterocycles. The molecule has 8 heteroatoms. The average molecular weight is 425 g/mol. The highest BCUT2D eigenvalue weighted by Crippen LogP contribution is 2.25. The molecule has 0 fully saturated rings. The number of ether oxygens (including phenoxy) is 1. The number of amides is 1. The molecule has 0 heterocycles. The Morgan fingerprint density at radius 3 is 2.54 bits per heavy atom.